The Kier molecular flexibility index (Phi) is 3.59. The third-order valence-corrected chi connectivity index (χ3v) is 2.54. The second-order valence-electron chi connectivity index (χ2n) is 3.56. The average molecular weight is 232 g/mol. The van der Waals surface area contributed by atoms with Crippen molar-refractivity contribution in [1.29, 1.82) is 0 Å². The van der Waals surface area contributed by atoms with E-state index in [0.717, 1.165) is 18.1 Å². The molecule has 1 N–H and O–H groups in total. The van der Waals surface area contributed by atoms with Gasteiger partial charge in [-0.25, -0.2) is 9.97 Å². The minimum atomic E-state index is 0.647. The van der Waals surface area contributed by atoms with Crippen LogP contribution >= 0.6 is 0 Å². The SMILES string of the molecule is CCn1ccnc1NCc1cccnc1OC. The Morgan fingerprint density at radius 1 is 1.35 bits per heavy atom. The van der Waals surface area contributed by atoms with Gasteiger partial charge in [-0.3, -0.25) is 0 Å². The highest BCUT2D eigenvalue weighted by Crippen LogP contribution is 2.15. The molecule has 0 atom stereocenters. The van der Waals surface area contributed by atoms with Crippen LogP contribution in [0, 0.1) is 0 Å². The summed E-state index contributed by atoms with van der Waals surface area (Å²) < 4.78 is 7.24. The van der Waals surface area contributed by atoms with Gasteiger partial charge >= 0.3 is 0 Å². The van der Waals surface area contributed by atoms with Gasteiger partial charge in [0, 0.05) is 37.2 Å². The van der Waals surface area contributed by atoms with Gasteiger partial charge < -0.3 is 14.6 Å². The molecule has 90 valence electrons. The Morgan fingerprint density at radius 3 is 3.00 bits per heavy atom. The van der Waals surface area contributed by atoms with Crippen molar-refractivity contribution >= 4 is 5.95 Å². The fraction of sp³-hybridized carbons (Fsp3) is 0.333. The van der Waals surface area contributed by atoms with Gasteiger partial charge in [-0.05, 0) is 13.0 Å². The van der Waals surface area contributed by atoms with E-state index in [1.165, 1.54) is 0 Å². The highest BCUT2D eigenvalue weighted by Gasteiger charge is 2.05. The number of imidazole rings is 1. The van der Waals surface area contributed by atoms with E-state index in [-0.39, 0.29) is 0 Å². The fourth-order valence-corrected chi connectivity index (χ4v) is 1.65. The van der Waals surface area contributed by atoms with Crippen LogP contribution in [0.5, 0.6) is 5.88 Å². The molecule has 0 spiro atoms. The number of ether oxygens (including phenoxy) is 1. The summed E-state index contributed by atoms with van der Waals surface area (Å²) in [6.07, 6.45) is 5.45. The normalized spacial score (nSPS) is 10.2. The van der Waals surface area contributed by atoms with Crippen LogP contribution in [0.2, 0.25) is 0 Å². The van der Waals surface area contributed by atoms with Crippen LogP contribution in [0.1, 0.15) is 12.5 Å². The monoisotopic (exact) mass is 232 g/mol. The van der Waals surface area contributed by atoms with Crippen molar-refractivity contribution in [3.8, 4) is 5.88 Å². The van der Waals surface area contributed by atoms with Gasteiger partial charge in [-0.2, -0.15) is 0 Å². The van der Waals surface area contributed by atoms with Gasteiger partial charge in [-0.15, -0.1) is 0 Å². The summed E-state index contributed by atoms with van der Waals surface area (Å²) in [4.78, 5) is 8.40. The number of aryl methyl sites for hydroxylation is 1. The molecule has 2 aromatic rings. The lowest BCUT2D eigenvalue weighted by molar-refractivity contribution is 0.393. The number of hydrogen-bond donors (Lipinski definition) is 1. The molecule has 2 heterocycles. The van der Waals surface area contributed by atoms with Crippen molar-refractivity contribution < 1.29 is 4.74 Å². The molecule has 0 amide bonds. The Hall–Kier alpha value is -2.04. The molecular weight excluding hydrogens is 216 g/mol. The number of nitrogens with one attached hydrogen (secondary N) is 1. The maximum atomic E-state index is 5.19. The zero-order chi connectivity index (χ0) is 12.1. The molecule has 5 nitrogen and oxygen atoms in total. The van der Waals surface area contributed by atoms with E-state index in [4.69, 9.17) is 4.74 Å². The second kappa shape index (κ2) is 5.34. The van der Waals surface area contributed by atoms with Crippen LogP contribution in [-0.2, 0) is 13.1 Å². The lowest BCUT2D eigenvalue weighted by Crippen LogP contribution is -2.07. The molecule has 0 bridgehead atoms. The van der Waals surface area contributed by atoms with E-state index in [0.29, 0.717) is 12.4 Å². The second-order valence-corrected chi connectivity index (χ2v) is 3.56. The molecule has 0 aliphatic rings. The van der Waals surface area contributed by atoms with Crippen molar-refractivity contribution in [3.63, 3.8) is 0 Å². The van der Waals surface area contributed by atoms with E-state index >= 15 is 0 Å². The topological polar surface area (TPSA) is 52.0 Å². The zero-order valence-electron chi connectivity index (χ0n) is 10.1. The van der Waals surface area contributed by atoms with E-state index in [2.05, 4.69) is 22.2 Å². The molecule has 0 aliphatic carbocycles. The molecular formula is C12H16N4O. The van der Waals surface area contributed by atoms with E-state index in [9.17, 15) is 0 Å². The number of nitrogens with zero attached hydrogens (tertiary/aromatic N) is 3. The predicted octanol–water partition coefficient (Wildman–Crippen LogP) is 1.92. The van der Waals surface area contributed by atoms with Gasteiger partial charge in [0.25, 0.3) is 0 Å². The lowest BCUT2D eigenvalue weighted by atomic mass is 10.3. The smallest absolute Gasteiger partial charge is 0.218 e. The minimum Gasteiger partial charge on any atom is -0.481 e. The van der Waals surface area contributed by atoms with Crippen LogP contribution in [0.4, 0.5) is 5.95 Å². The molecule has 0 aliphatic heterocycles. The molecule has 0 unspecified atom stereocenters. The molecule has 0 aromatic carbocycles. The molecule has 0 radical (unpaired) electrons. The quantitative estimate of drug-likeness (QED) is 0.855. The van der Waals surface area contributed by atoms with Crippen LogP contribution in [0.25, 0.3) is 0 Å². The van der Waals surface area contributed by atoms with Crippen molar-refractivity contribution in [2.24, 2.45) is 0 Å². The van der Waals surface area contributed by atoms with Crippen molar-refractivity contribution in [2.45, 2.75) is 20.0 Å². The van der Waals surface area contributed by atoms with Crippen LogP contribution in [0.3, 0.4) is 0 Å². The minimum absolute atomic E-state index is 0.647. The molecule has 2 aromatic heterocycles. The summed E-state index contributed by atoms with van der Waals surface area (Å²) in [5.74, 6) is 1.51. The van der Waals surface area contributed by atoms with E-state index < -0.39 is 0 Å². The maximum absolute atomic E-state index is 5.19. The van der Waals surface area contributed by atoms with Crippen molar-refractivity contribution in [1.82, 2.24) is 14.5 Å². The summed E-state index contributed by atoms with van der Waals surface area (Å²) in [6, 6.07) is 3.88. The Bertz CT molecular complexity index is 481. The highest BCUT2D eigenvalue weighted by atomic mass is 16.5. The largest absolute Gasteiger partial charge is 0.481 e. The molecule has 2 rings (SSSR count). The van der Waals surface area contributed by atoms with Crippen LogP contribution in [0.15, 0.2) is 30.7 Å². The van der Waals surface area contributed by atoms with Gasteiger partial charge in [0.1, 0.15) is 0 Å². The number of aromatic nitrogens is 3. The fourth-order valence-electron chi connectivity index (χ4n) is 1.65. The van der Waals surface area contributed by atoms with Gasteiger partial charge in [-0.1, -0.05) is 6.07 Å². The summed E-state index contributed by atoms with van der Waals surface area (Å²) in [5.41, 5.74) is 1.01. The van der Waals surface area contributed by atoms with Crippen LogP contribution < -0.4 is 10.1 Å². The first kappa shape index (κ1) is 11.4. The van der Waals surface area contributed by atoms with E-state index in [1.807, 2.05) is 22.9 Å². The molecule has 0 saturated heterocycles. The molecule has 5 heteroatoms. The first-order valence-corrected chi connectivity index (χ1v) is 5.58. The Morgan fingerprint density at radius 2 is 2.24 bits per heavy atom. The van der Waals surface area contributed by atoms with Crippen LogP contribution in [-0.4, -0.2) is 21.6 Å². The van der Waals surface area contributed by atoms with Gasteiger partial charge in [0.2, 0.25) is 11.8 Å². The van der Waals surface area contributed by atoms with Gasteiger partial charge in [0.05, 0.1) is 7.11 Å². The molecule has 0 fully saturated rings. The number of hydrogen-bond acceptors (Lipinski definition) is 4. The molecule has 0 saturated carbocycles. The number of rotatable bonds is 5. The molecule has 17 heavy (non-hydrogen) atoms. The van der Waals surface area contributed by atoms with E-state index in [1.54, 1.807) is 19.5 Å². The standard InChI is InChI=1S/C12H16N4O/c1-3-16-8-7-14-12(16)15-9-10-5-4-6-13-11(10)17-2/h4-8H,3,9H2,1-2H3,(H,14,15). The zero-order valence-corrected chi connectivity index (χ0v) is 10.1. The first-order chi connectivity index (χ1) is 8.35. The number of pyridine rings is 1. The summed E-state index contributed by atoms with van der Waals surface area (Å²) in [5, 5.41) is 3.27. The highest BCUT2D eigenvalue weighted by molar-refractivity contribution is 5.32. The summed E-state index contributed by atoms with van der Waals surface area (Å²) in [7, 11) is 1.62. The third kappa shape index (κ3) is 2.55. The lowest BCUT2D eigenvalue weighted by Gasteiger charge is -2.09. The number of anilines is 1. The number of methoxy groups -OCH3 is 1. The predicted molar refractivity (Wildman–Crippen MR) is 66.0 cm³/mol. The van der Waals surface area contributed by atoms with Crippen molar-refractivity contribution in [3.05, 3.63) is 36.3 Å². The average Bonchev–Trinajstić information content (AvgIpc) is 2.84. The maximum Gasteiger partial charge on any atom is 0.218 e. The van der Waals surface area contributed by atoms with Gasteiger partial charge in [0.15, 0.2) is 0 Å². The summed E-state index contributed by atoms with van der Waals surface area (Å²) in [6.45, 7) is 3.62. The Labute approximate surface area is 100 Å². The Balaban J connectivity index is 2.07. The third-order valence-electron chi connectivity index (χ3n) is 2.54. The summed E-state index contributed by atoms with van der Waals surface area (Å²) >= 11 is 0. The van der Waals surface area contributed by atoms with Crippen molar-refractivity contribution in [2.75, 3.05) is 12.4 Å². The first-order valence-electron chi connectivity index (χ1n) is 5.58.